The van der Waals surface area contributed by atoms with Crippen molar-refractivity contribution >= 4 is 17.8 Å². The third kappa shape index (κ3) is 3.29. The van der Waals surface area contributed by atoms with Crippen LogP contribution in [-0.2, 0) is 0 Å². The molecular formula is C22H29N3O. The molecule has 1 atom stereocenters. The van der Waals surface area contributed by atoms with Gasteiger partial charge in [-0.1, -0.05) is 0 Å². The van der Waals surface area contributed by atoms with Gasteiger partial charge in [-0.05, 0) is 81.4 Å². The van der Waals surface area contributed by atoms with Crippen molar-refractivity contribution in [1.82, 2.24) is 4.90 Å². The van der Waals surface area contributed by atoms with E-state index in [4.69, 9.17) is 0 Å². The number of hydrogen-bond acceptors (Lipinski definition) is 3. The van der Waals surface area contributed by atoms with E-state index in [1.165, 1.54) is 16.8 Å². The molecule has 1 unspecified atom stereocenters. The van der Waals surface area contributed by atoms with Crippen LogP contribution in [0.5, 0.6) is 0 Å². The molecule has 1 saturated carbocycles. The Morgan fingerprint density at radius 1 is 1.08 bits per heavy atom. The minimum Gasteiger partial charge on any atom is -0.372 e. The van der Waals surface area contributed by atoms with Gasteiger partial charge in [0.05, 0.1) is 6.54 Å². The number of anilines is 1. The third-order valence-corrected chi connectivity index (χ3v) is 6.03. The molecule has 4 heteroatoms. The van der Waals surface area contributed by atoms with Crippen LogP contribution in [0.2, 0.25) is 0 Å². The average Bonchev–Trinajstić information content (AvgIpc) is 3.39. The molecule has 0 bridgehead atoms. The first-order chi connectivity index (χ1) is 12.7. The smallest absolute Gasteiger partial charge is 0.254 e. The summed E-state index contributed by atoms with van der Waals surface area (Å²) < 4.78 is 0. The second kappa shape index (κ2) is 7.26. The number of carbonyl (C=O) groups is 1. The quantitative estimate of drug-likeness (QED) is 0.774. The molecule has 138 valence electrons. The first-order valence-corrected chi connectivity index (χ1v) is 10.1. The Bertz CT molecular complexity index is 726. The molecule has 0 spiro atoms. The summed E-state index contributed by atoms with van der Waals surface area (Å²) in [4.78, 5) is 22.2. The van der Waals surface area contributed by atoms with E-state index in [1.807, 2.05) is 18.3 Å². The van der Waals surface area contributed by atoms with Crippen LogP contribution in [0.25, 0.3) is 0 Å². The van der Waals surface area contributed by atoms with Gasteiger partial charge in [0.1, 0.15) is 0 Å². The minimum absolute atomic E-state index is 0.211. The Labute approximate surface area is 156 Å². The van der Waals surface area contributed by atoms with E-state index < -0.39 is 0 Å². The fourth-order valence-corrected chi connectivity index (χ4v) is 4.36. The second-order valence-corrected chi connectivity index (χ2v) is 7.66. The molecule has 1 aromatic rings. The maximum atomic E-state index is 13.3. The fourth-order valence-electron chi connectivity index (χ4n) is 4.36. The van der Waals surface area contributed by atoms with Gasteiger partial charge in [0.15, 0.2) is 0 Å². The van der Waals surface area contributed by atoms with Crippen LogP contribution in [-0.4, -0.2) is 48.7 Å². The molecule has 4 nitrogen and oxygen atoms in total. The highest BCUT2D eigenvalue weighted by atomic mass is 16.2. The number of nitrogens with zero attached hydrogens (tertiary/aromatic N) is 3. The van der Waals surface area contributed by atoms with Crippen molar-refractivity contribution in [1.29, 1.82) is 0 Å². The zero-order valence-electron chi connectivity index (χ0n) is 15.9. The summed E-state index contributed by atoms with van der Waals surface area (Å²) >= 11 is 0. The highest BCUT2D eigenvalue weighted by Gasteiger charge is 2.39. The monoisotopic (exact) mass is 351 g/mol. The number of carbonyl (C=O) groups excluding carboxylic acids is 1. The number of amides is 1. The van der Waals surface area contributed by atoms with Crippen molar-refractivity contribution in [3.63, 3.8) is 0 Å². The summed E-state index contributed by atoms with van der Waals surface area (Å²) in [6.07, 6.45) is 7.51. The van der Waals surface area contributed by atoms with Crippen molar-refractivity contribution in [2.75, 3.05) is 24.5 Å². The highest BCUT2D eigenvalue weighted by molar-refractivity contribution is 5.95. The number of aliphatic imine (C=N–C) groups is 1. The van der Waals surface area contributed by atoms with E-state index in [9.17, 15) is 4.79 Å². The van der Waals surface area contributed by atoms with Gasteiger partial charge < -0.3 is 9.80 Å². The first kappa shape index (κ1) is 17.3. The summed E-state index contributed by atoms with van der Waals surface area (Å²) in [6.45, 7) is 7.18. The molecule has 2 aliphatic carbocycles. The van der Waals surface area contributed by atoms with Gasteiger partial charge in [0.2, 0.25) is 0 Å². The van der Waals surface area contributed by atoms with Crippen molar-refractivity contribution < 1.29 is 4.79 Å². The predicted octanol–water partition coefficient (Wildman–Crippen LogP) is 4.07. The van der Waals surface area contributed by atoms with Crippen molar-refractivity contribution in [2.24, 2.45) is 4.99 Å². The van der Waals surface area contributed by atoms with Crippen LogP contribution in [0.4, 0.5) is 5.69 Å². The van der Waals surface area contributed by atoms with E-state index in [2.05, 4.69) is 40.8 Å². The normalized spacial score (nSPS) is 21.7. The standard InChI is InChI=1S/C22H29N3O/c1-3-24(4-2)19-8-5-16(6-9-19)22(26)25(20-11-12-20)21-10-7-17-14-23-15-18(17)13-21/h5-6,8-9,15,20-21H,3-4,7,10-14H2,1-2H3. The van der Waals surface area contributed by atoms with Crippen molar-refractivity contribution in [3.05, 3.63) is 41.0 Å². The lowest BCUT2D eigenvalue weighted by atomic mass is 9.88. The lowest BCUT2D eigenvalue weighted by Crippen LogP contribution is -2.43. The van der Waals surface area contributed by atoms with Gasteiger partial charge in [-0.3, -0.25) is 9.79 Å². The number of rotatable bonds is 6. The Hall–Kier alpha value is -2.10. The molecule has 0 radical (unpaired) electrons. The average molecular weight is 351 g/mol. The third-order valence-electron chi connectivity index (χ3n) is 6.03. The maximum absolute atomic E-state index is 13.3. The van der Waals surface area contributed by atoms with Crippen molar-refractivity contribution in [3.8, 4) is 0 Å². The molecule has 0 N–H and O–H groups in total. The molecule has 0 aromatic heterocycles. The fraction of sp³-hybridized carbons (Fsp3) is 0.545. The van der Waals surface area contributed by atoms with Crippen LogP contribution < -0.4 is 4.90 Å². The Balaban J connectivity index is 1.52. The van der Waals surface area contributed by atoms with E-state index in [-0.39, 0.29) is 5.91 Å². The van der Waals surface area contributed by atoms with E-state index >= 15 is 0 Å². The predicted molar refractivity (Wildman–Crippen MR) is 107 cm³/mol. The molecule has 1 aliphatic heterocycles. The zero-order chi connectivity index (χ0) is 18.1. The summed E-state index contributed by atoms with van der Waals surface area (Å²) in [5.41, 5.74) is 4.90. The largest absolute Gasteiger partial charge is 0.372 e. The van der Waals surface area contributed by atoms with Gasteiger partial charge in [0, 0.05) is 42.6 Å². The minimum atomic E-state index is 0.211. The Morgan fingerprint density at radius 3 is 2.46 bits per heavy atom. The molecular weight excluding hydrogens is 322 g/mol. The maximum Gasteiger partial charge on any atom is 0.254 e. The van der Waals surface area contributed by atoms with Crippen LogP contribution >= 0.6 is 0 Å². The van der Waals surface area contributed by atoms with E-state index in [0.29, 0.717) is 12.1 Å². The molecule has 1 amide bonds. The molecule has 26 heavy (non-hydrogen) atoms. The van der Waals surface area contributed by atoms with Gasteiger partial charge in [-0.15, -0.1) is 0 Å². The Morgan fingerprint density at radius 2 is 1.81 bits per heavy atom. The van der Waals surface area contributed by atoms with Crippen molar-refractivity contribution in [2.45, 2.75) is 58.0 Å². The first-order valence-electron chi connectivity index (χ1n) is 10.1. The summed E-state index contributed by atoms with van der Waals surface area (Å²) in [6, 6.07) is 8.98. The van der Waals surface area contributed by atoms with Gasteiger partial charge in [-0.25, -0.2) is 0 Å². The summed E-state index contributed by atoms with van der Waals surface area (Å²) in [7, 11) is 0. The molecule has 1 heterocycles. The molecule has 0 saturated heterocycles. The number of hydrogen-bond donors (Lipinski definition) is 0. The SMILES string of the molecule is CCN(CC)c1ccc(C(=O)N(C2CC2)C2CCC3=C(C=NC3)C2)cc1. The topological polar surface area (TPSA) is 35.9 Å². The van der Waals surface area contributed by atoms with Crippen LogP contribution in [0.3, 0.4) is 0 Å². The second-order valence-electron chi connectivity index (χ2n) is 7.66. The molecule has 1 fully saturated rings. The van der Waals surface area contributed by atoms with E-state index in [1.54, 1.807) is 0 Å². The highest BCUT2D eigenvalue weighted by Crippen LogP contribution is 2.37. The van der Waals surface area contributed by atoms with E-state index in [0.717, 1.165) is 57.3 Å². The summed E-state index contributed by atoms with van der Waals surface area (Å²) in [5, 5.41) is 0. The van der Waals surface area contributed by atoms with Gasteiger partial charge >= 0.3 is 0 Å². The molecule has 4 rings (SSSR count). The van der Waals surface area contributed by atoms with Crippen LogP contribution in [0, 0.1) is 0 Å². The molecule has 3 aliphatic rings. The van der Waals surface area contributed by atoms with Gasteiger partial charge in [-0.2, -0.15) is 0 Å². The lowest BCUT2D eigenvalue weighted by Gasteiger charge is -2.35. The Kier molecular flexibility index (Phi) is 4.84. The lowest BCUT2D eigenvalue weighted by molar-refractivity contribution is 0.0645. The summed E-state index contributed by atoms with van der Waals surface area (Å²) in [5.74, 6) is 0.211. The van der Waals surface area contributed by atoms with Crippen LogP contribution in [0.15, 0.2) is 40.4 Å². The zero-order valence-corrected chi connectivity index (χ0v) is 15.9. The van der Waals surface area contributed by atoms with Gasteiger partial charge in [0.25, 0.3) is 5.91 Å². The molecule has 1 aromatic carbocycles. The number of benzene rings is 1. The van der Waals surface area contributed by atoms with Crippen LogP contribution in [0.1, 0.15) is 56.3 Å².